The third-order valence-corrected chi connectivity index (χ3v) is 9.72. The average Bonchev–Trinajstić information content (AvgIpc) is 3.74. The summed E-state index contributed by atoms with van der Waals surface area (Å²) in [4.78, 5) is 8.86. The third-order valence-electron chi connectivity index (χ3n) is 9.72. The van der Waals surface area contributed by atoms with Crippen LogP contribution in [0.3, 0.4) is 0 Å². The molecule has 5 nitrogen and oxygen atoms in total. The van der Waals surface area contributed by atoms with E-state index in [0.29, 0.717) is 0 Å². The zero-order valence-electron chi connectivity index (χ0n) is 27.0. The molecule has 1 unspecified atom stereocenters. The molecule has 0 spiro atoms. The number of aliphatic imine (C=N–C) groups is 1. The van der Waals surface area contributed by atoms with Gasteiger partial charge in [0.25, 0.3) is 5.84 Å². The summed E-state index contributed by atoms with van der Waals surface area (Å²) in [5.74, 6) is 1.63. The van der Waals surface area contributed by atoms with E-state index in [2.05, 4.69) is 148 Å². The number of rotatable bonds is 5. The number of nitrogens with one attached hydrogen (secondary N) is 2. The summed E-state index contributed by atoms with van der Waals surface area (Å²) in [7, 11) is 0. The normalized spacial score (nSPS) is 14.6. The van der Waals surface area contributed by atoms with Crippen LogP contribution in [-0.2, 0) is 0 Å². The molecule has 3 heterocycles. The largest absolute Gasteiger partial charge is 0.454 e. The van der Waals surface area contributed by atoms with E-state index in [1.807, 2.05) is 36.4 Å². The molecule has 10 rings (SSSR count). The first-order chi connectivity index (χ1) is 24.8. The van der Waals surface area contributed by atoms with Crippen LogP contribution in [0.4, 0.5) is 0 Å². The van der Waals surface area contributed by atoms with Crippen molar-refractivity contribution in [2.24, 2.45) is 4.99 Å². The van der Waals surface area contributed by atoms with Gasteiger partial charge in [-0.05, 0) is 64.7 Å². The van der Waals surface area contributed by atoms with Crippen molar-refractivity contribution < 1.29 is 9.41 Å². The summed E-state index contributed by atoms with van der Waals surface area (Å²) in [6.07, 6.45) is -0.153. The van der Waals surface area contributed by atoms with Gasteiger partial charge < -0.3 is 14.3 Å². The number of aromatic nitrogens is 1. The number of para-hydroxylation sites is 1. The summed E-state index contributed by atoms with van der Waals surface area (Å²) >= 11 is 0. The molecule has 2 aromatic heterocycles. The van der Waals surface area contributed by atoms with E-state index in [-0.39, 0.29) is 6.17 Å². The van der Waals surface area contributed by atoms with Crippen molar-refractivity contribution in [3.63, 3.8) is 0 Å². The van der Waals surface area contributed by atoms with Crippen LogP contribution in [0.1, 0.15) is 22.9 Å². The molecule has 1 atom stereocenters. The van der Waals surface area contributed by atoms with Gasteiger partial charge in [-0.15, -0.1) is 0 Å². The van der Waals surface area contributed by atoms with Gasteiger partial charge in [0.2, 0.25) is 0 Å². The average molecular weight is 644 g/mol. The minimum absolute atomic E-state index is 0.153. The first kappa shape index (κ1) is 28.3. The van der Waals surface area contributed by atoms with Crippen LogP contribution in [0.2, 0.25) is 0 Å². The number of fused-ring (bicyclic) bond motifs is 7. The highest BCUT2D eigenvalue weighted by atomic mass is 16.3. The van der Waals surface area contributed by atoms with Crippen molar-refractivity contribution >= 4 is 55.4 Å². The van der Waals surface area contributed by atoms with Crippen molar-refractivity contribution in [1.82, 2.24) is 9.88 Å². The maximum Gasteiger partial charge on any atom is 0.328 e. The predicted molar refractivity (Wildman–Crippen MR) is 204 cm³/mol. The molecule has 5 heteroatoms. The van der Waals surface area contributed by atoms with Crippen LogP contribution in [0, 0.1) is 0 Å². The lowest BCUT2D eigenvalue weighted by atomic mass is 10.0. The standard InChI is InChI=1S/C45H30N4O/c1-4-13-29(14-5-1)32-23-24-35-37-25-26-38-36-21-10-11-22-40(36)50-42(38)41(37)49(39(35)28-32)34-20-12-19-33(27-34)45-47-43(30-15-6-2-7-16-30)46-44(48-45)31-17-8-3-9-18-31/h1-28,43H,(H,46,47,48)/p+1. The summed E-state index contributed by atoms with van der Waals surface area (Å²) in [5.41, 5.74) is 10.5. The van der Waals surface area contributed by atoms with Gasteiger partial charge in [-0.2, -0.15) is 0 Å². The fourth-order valence-corrected chi connectivity index (χ4v) is 7.34. The smallest absolute Gasteiger partial charge is 0.328 e. The Kier molecular flexibility index (Phi) is 6.49. The quantitative estimate of drug-likeness (QED) is 0.197. The Hall–Kier alpha value is -6.72. The molecule has 9 aromatic rings. The molecule has 7 aromatic carbocycles. The van der Waals surface area contributed by atoms with Gasteiger partial charge in [0.1, 0.15) is 5.58 Å². The second-order valence-corrected chi connectivity index (χ2v) is 12.7. The van der Waals surface area contributed by atoms with Crippen LogP contribution >= 0.6 is 0 Å². The fraction of sp³-hybridized carbons (Fsp3) is 0.0222. The highest BCUT2D eigenvalue weighted by molar-refractivity contribution is 6.22. The van der Waals surface area contributed by atoms with Gasteiger partial charge in [0.05, 0.1) is 16.6 Å². The molecule has 0 amide bonds. The molecular weight excluding hydrogens is 613 g/mol. The minimum atomic E-state index is -0.153. The molecule has 0 fully saturated rings. The second kappa shape index (κ2) is 11.5. The topological polar surface area (TPSA) is 56.4 Å². The van der Waals surface area contributed by atoms with Gasteiger partial charge in [-0.1, -0.05) is 121 Å². The molecule has 1 aliphatic heterocycles. The molecule has 2 N–H and O–H groups in total. The third kappa shape index (κ3) is 4.63. The van der Waals surface area contributed by atoms with Crippen LogP contribution in [0.15, 0.2) is 179 Å². The van der Waals surface area contributed by atoms with Crippen molar-refractivity contribution in [3.05, 3.63) is 187 Å². The van der Waals surface area contributed by atoms with E-state index in [9.17, 15) is 0 Å². The molecule has 0 radical (unpaired) electrons. The SMILES string of the molecule is c1ccc(C2=NC(c3cccc(-n4c5cc(-c6ccccc6)ccc5c5ccc6c7ccccc7oc6c54)c3)=[NH+]C(c3ccccc3)N2)cc1. The number of furan rings is 1. The zero-order chi connectivity index (χ0) is 33.0. The highest BCUT2D eigenvalue weighted by Crippen LogP contribution is 2.41. The molecular formula is C45H31N4O+. The lowest BCUT2D eigenvalue weighted by Crippen LogP contribution is -2.80. The van der Waals surface area contributed by atoms with Gasteiger partial charge >= 0.3 is 5.84 Å². The molecule has 50 heavy (non-hydrogen) atoms. The summed E-state index contributed by atoms with van der Waals surface area (Å²) < 4.78 is 9.04. The molecule has 0 saturated carbocycles. The number of amidine groups is 2. The summed E-state index contributed by atoms with van der Waals surface area (Å²) in [6, 6.07) is 59.5. The van der Waals surface area contributed by atoms with Crippen molar-refractivity contribution in [3.8, 4) is 16.8 Å². The molecule has 0 aliphatic carbocycles. The molecule has 1 aliphatic rings. The maximum atomic E-state index is 6.68. The van der Waals surface area contributed by atoms with E-state index in [1.165, 1.54) is 10.9 Å². The fourth-order valence-electron chi connectivity index (χ4n) is 7.34. The Morgan fingerprint density at radius 1 is 0.540 bits per heavy atom. The second-order valence-electron chi connectivity index (χ2n) is 12.7. The maximum absolute atomic E-state index is 6.68. The molecule has 0 bridgehead atoms. The lowest BCUT2D eigenvalue weighted by molar-refractivity contribution is -0.516. The van der Waals surface area contributed by atoms with Crippen LogP contribution in [0.25, 0.3) is 60.6 Å². The van der Waals surface area contributed by atoms with E-state index in [1.54, 1.807) is 0 Å². The van der Waals surface area contributed by atoms with Crippen molar-refractivity contribution in [2.45, 2.75) is 6.17 Å². The van der Waals surface area contributed by atoms with E-state index < -0.39 is 0 Å². The molecule has 236 valence electrons. The minimum Gasteiger partial charge on any atom is -0.454 e. The van der Waals surface area contributed by atoms with E-state index in [4.69, 9.17) is 9.41 Å². The van der Waals surface area contributed by atoms with E-state index in [0.717, 1.165) is 78.0 Å². The van der Waals surface area contributed by atoms with E-state index >= 15 is 0 Å². The molecule has 0 saturated heterocycles. The monoisotopic (exact) mass is 643 g/mol. The highest BCUT2D eigenvalue weighted by Gasteiger charge is 2.28. The Morgan fingerprint density at radius 2 is 1.22 bits per heavy atom. The zero-order valence-corrected chi connectivity index (χ0v) is 27.0. The Morgan fingerprint density at radius 3 is 2.04 bits per heavy atom. The Labute approximate surface area is 288 Å². The predicted octanol–water partition coefficient (Wildman–Crippen LogP) is 8.93. The number of hydrogen-bond acceptors (Lipinski definition) is 3. The van der Waals surface area contributed by atoms with Gasteiger partial charge in [-0.25, -0.2) is 4.99 Å². The van der Waals surface area contributed by atoms with Gasteiger partial charge in [0.15, 0.2) is 11.7 Å². The summed E-state index contributed by atoms with van der Waals surface area (Å²) in [5, 5.41) is 8.18. The van der Waals surface area contributed by atoms with Crippen molar-refractivity contribution in [2.75, 3.05) is 0 Å². The van der Waals surface area contributed by atoms with Gasteiger partial charge in [0, 0.05) is 38.4 Å². The first-order valence-corrected chi connectivity index (χ1v) is 16.9. The number of benzene rings is 7. The van der Waals surface area contributed by atoms with Crippen LogP contribution in [0.5, 0.6) is 0 Å². The Balaban J connectivity index is 1.22. The van der Waals surface area contributed by atoms with Crippen molar-refractivity contribution in [1.29, 1.82) is 0 Å². The van der Waals surface area contributed by atoms with Crippen LogP contribution in [-0.4, -0.2) is 16.2 Å². The first-order valence-electron chi connectivity index (χ1n) is 16.9. The number of hydrogen-bond donors (Lipinski definition) is 2. The summed E-state index contributed by atoms with van der Waals surface area (Å²) in [6.45, 7) is 0. The lowest BCUT2D eigenvalue weighted by Gasteiger charge is -2.18. The van der Waals surface area contributed by atoms with Gasteiger partial charge in [-0.3, -0.25) is 0 Å². The Bertz CT molecular complexity index is 2780. The van der Waals surface area contributed by atoms with Crippen LogP contribution < -0.4 is 10.3 Å². The number of nitrogens with zero attached hydrogens (tertiary/aromatic N) is 2.